The van der Waals surface area contributed by atoms with E-state index in [1.165, 1.54) is 7.11 Å². The fourth-order valence-corrected chi connectivity index (χ4v) is 3.22. The summed E-state index contributed by atoms with van der Waals surface area (Å²) in [7, 11) is 1.54. The zero-order valence-electron chi connectivity index (χ0n) is 16.2. The Morgan fingerprint density at radius 1 is 1.29 bits per heavy atom. The topological polar surface area (TPSA) is 88.6 Å². The van der Waals surface area contributed by atoms with E-state index in [-0.39, 0.29) is 12.2 Å². The molecule has 0 aliphatic carbocycles. The lowest BCUT2D eigenvalue weighted by atomic mass is 10.0. The van der Waals surface area contributed by atoms with Crippen molar-refractivity contribution in [3.8, 4) is 17.2 Å². The molecule has 0 bridgehead atoms. The first-order valence-electron chi connectivity index (χ1n) is 8.96. The summed E-state index contributed by atoms with van der Waals surface area (Å²) in [4.78, 5) is 12.8. The average molecular weight is 383 g/mol. The molecular weight excluding hydrogens is 362 g/mol. The first-order chi connectivity index (χ1) is 13.4. The summed E-state index contributed by atoms with van der Waals surface area (Å²) in [5.41, 5.74) is 3.16. The van der Waals surface area contributed by atoms with Crippen LogP contribution in [0.4, 0.5) is 0 Å². The van der Waals surface area contributed by atoms with Crippen LogP contribution in [0.5, 0.6) is 17.2 Å². The molecule has 1 atom stereocenters. The van der Waals surface area contributed by atoms with Crippen molar-refractivity contribution in [2.24, 2.45) is 0 Å². The van der Waals surface area contributed by atoms with E-state index in [0.29, 0.717) is 29.4 Å². The molecule has 28 heavy (non-hydrogen) atoms. The average Bonchev–Trinajstić information content (AvgIpc) is 3.35. The second-order valence-corrected chi connectivity index (χ2v) is 6.76. The molecular formula is C20H21N3O5. The van der Waals surface area contributed by atoms with Gasteiger partial charge in [0.2, 0.25) is 12.0 Å². The Morgan fingerprint density at radius 3 is 2.82 bits per heavy atom. The zero-order chi connectivity index (χ0) is 19.8. The number of nitrogens with zero attached hydrogens (tertiary/aromatic N) is 3. The van der Waals surface area contributed by atoms with Crippen LogP contribution in [0.1, 0.15) is 39.9 Å². The third-order valence-electron chi connectivity index (χ3n) is 4.69. The standard InChI is InChI=1S/C20H21N3O5/c1-11-16(12(2)28-22-11)10-23-9-14(8-21-23)5-17(24)15-6-18(25-4)20-19(7-15)26-13(3)27-20/h6-9,13H,5,10H2,1-4H3. The molecule has 2 aromatic heterocycles. The Hall–Kier alpha value is -3.29. The van der Waals surface area contributed by atoms with Crippen LogP contribution in [-0.2, 0) is 13.0 Å². The largest absolute Gasteiger partial charge is 0.493 e. The number of Topliss-reactive ketones (excluding diaryl/α,β-unsaturated/α-hetero) is 1. The summed E-state index contributed by atoms with van der Waals surface area (Å²) in [6, 6.07) is 3.37. The van der Waals surface area contributed by atoms with Gasteiger partial charge in [0.15, 0.2) is 17.3 Å². The SMILES string of the molecule is COc1cc(C(=O)Cc2cnn(Cc3c(C)noc3C)c2)cc2c1OC(C)O2. The van der Waals surface area contributed by atoms with E-state index < -0.39 is 6.29 Å². The molecule has 0 spiro atoms. The minimum absolute atomic E-state index is 0.0545. The van der Waals surface area contributed by atoms with Gasteiger partial charge >= 0.3 is 0 Å². The van der Waals surface area contributed by atoms with E-state index in [4.69, 9.17) is 18.7 Å². The highest BCUT2D eigenvalue weighted by molar-refractivity contribution is 5.98. The van der Waals surface area contributed by atoms with Gasteiger partial charge in [-0.3, -0.25) is 9.48 Å². The van der Waals surface area contributed by atoms with E-state index in [2.05, 4.69) is 10.3 Å². The monoisotopic (exact) mass is 383 g/mol. The number of ketones is 1. The number of aromatic nitrogens is 3. The number of ether oxygens (including phenoxy) is 3. The number of carbonyl (C=O) groups is 1. The number of fused-ring (bicyclic) bond motifs is 1. The zero-order valence-corrected chi connectivity index (χ0v) is 16.2. The van der Waals surface area contributed by atoms with Crippen LogP contribution < -0.4 is 14.2 Å². The molecule has 0 fully saturated rings. The molecule has 8 nitrogen and oxygen atoms in total. The molecule has 1 aromatic carbocycles. The van der Waals surface area contributed by atoms with Crippen LogP contribution in [0.3, 0.4) is 0 Å². The van der Waals surface area contributed by atoms with Crippen LogP contribution in [0, 0.1) is 13.8 Å². The normalized spacial score (nSPS) is 15.1. The fourth-order valence-electron chi connectivity index (χ4n) is 3.22. The van der Waals surface area contributed by atoms with Crippen molar-refractivity contribution in [1.82, 2.24) is 14.9 Å². The summed E-state index contributed by atoms with van der Waals surface area (Å²) in [5, 5.41) is 8.30. The molecule has 146 valence electrons. The summed E-state index contributed by atoms with van der Waals surface area (Å²) >= 11 is 0. The summed E-state index contributed by atoms with van der Waals surface area (Å²) < 4.78 is 23.5. The first kappa shape index (κ1) is 18.1. The highest BCUT2D eigenvalue weighted by Crippen LogP contribution is 2.43. The summed E-state index contributed by atoms with van der Waals surface area (Å²) in [6.45, 7) is 6.10. The Kier molecular flexibility index (Phi) is 4.54. The number of carbonyl (C=O) groups excluding carboxylic acids is 1. The molecule has 1 unspecified atom stereocenters. The lowest BCUT2D eigenvalue weighted by Crippen LogP contribution is -2.11. The van der Waals surface area contributed by atoms with Crippen molar-refractivity contribution < 1.29 is 23.5 Å². The summed E-state index contributed by atoms with van der Waals surface area (Å²) in [5.74, 6) is 2.25. The van der Waals surface area contributed by atoms with Crippen LogP contribution in [-0.4, -0.2) is 34.1 Å². The predicted octanol–water partition coefficient (Wildman–Crippen LogP) is 3.09. The van der Waals surface area contributed by atoms with E-state index in [0.717, 1.165) is 22.6 Å². The molecule has 0 N–H and O–H groups in total. The van der Waals surface area contributed by atoms with Crippen LogP contribution in [0.25, 0.3) is 0 Å². The van der Waals surface area contributed by atoms with Gasteiger partial charge in [0.25, 0.3) is 0 Å². The van der Waals surface area contributed by atoms with Gasteiger partial charge in [-0.15, -0.1) is 0 Å². The van der Waals surface area contributed by atoms with Crippen molar-refractivity contribution in [3.05, 3.63) is 52.7 Å². The van der Waals surface area contributed by atoms with Gasteiger partial charge in [-0.2, -0.15) is 5.10 Å². The molecule has 0 saturated heterocycles. The van der Waals surface area contributed by atoms with Gasteiger partial charge in [0.05, 0.1) is 25.5 Å². The number of rotatable bonds is 6. The van der Waals surface area contributed by atoms with Crippen molar-refractivity contribution in [2.45, 2.75) is 40.0 Å². The van der Waals surface area contributed by atoms with Gasteiger partial charge in [-0.05, 0) is 31.5 Å². The number of aryl methyl sites for hydroxylation is 2. The highest BCUT2D eigenvalue weighted by atomic mass is 16.7. The highest BCUT2D eigenvalue weighted by Gasteiger charge is 2.26. The Balaban J connectivity index is 1.51. The molecule has 0 amide bonds. The molecule has 0 radical (unpaired) electrons. The van der Waals surface area contributed by atoms with Gasteiger partial charge in [-0.1, -0.05) is 5.16 Å². The minimum Gasteiger partial charge on any atom is -0.493 e. The first-order valence-corrected chi connectivity index (χ1v) is 8.96. The van der Waals surface area contributed by atoms with Crippen molar-refractivity contribution in [3.63, 3.8) is 0 Å². The van der Waals surface area contributed by atoms with E-state index >= 15 is 0 Å². The van der Waals surface area contributed by atoms with Crippen LogP contribution >= 0.6 is 0 Å². The van der Waals surface area contributed by atoms with E-state index in [1.807, 2.05) is 20.0 Å². The molecule has 0 saturated carbocycles. The van der Waals surface area contributed by atoms with Crippen molar-refractivity contribution >= 4 is 5.78 Å². The van der Waals surface area contributed by atoms with Crippen molar-refractivity contribution in [2.75, 3.05) is 7.11 Å². The smallest absolute Gasteiger partial charge is 0.239 e. The molecule has 4 rings (SSSR count). The number of hydrogen-bond acceptors (Lipinski definition) is 7. The van der Waals surface area contributed by atoms with Crippen LogP contribution in [0.15, 0.2) is 29.0 Å². The van der Waals surface area contributed by atoms with Crippen molar-refractivity contribution in [1.29, 1.82) is 0 Å². The van der Waals surface area contributed by atoms with Gasteiger partial charge in [0.1, 0.15) is 5.76 Å². The molecule has 1 aliphatic rings. The van der Waals surface area contributed by atoms with E-state index in [1.54, 1.807) is 29.9 Å². The second kappa shape index (κ2) is 7.03. The molecule has 1 aliphatic heterocycles. The molecule has 3 aromatic rings. The lowest BCUT2D eigenvalue weighted by Gasteiger charge is -2.07. The predicted molar refractivity (Wildman–Crippen MR) is 99.1 cm³/mol. The maximum Gasteiger partial charge on any atom is 0.239 e. The lowest BCUT2D eigenvalue weighted by molar-refractivity contribution is 0.0663. The molecule has 3 heterocycles. The number of benzene rings is 1. The minimum atomic E-state index is -0.406. The maximum absolute atomic E-state index is 12.8. The van der Waals surface area contributed by atoms with Gasteiger partial charge in [0, 0.05) is 30.7 Å². The fraction of sp³-hybridized carbons (Fsp3) is 0.350. The Morgan fingerprint density at radius 2 is 2.11 bits per heavy atom. The second-order valence-electron chi connectivity index (χ2n) is 6.76. The van der Waals surface area contributed by atoms with Crippen LogP contribution in [0.2, 0.25) is 0 Å². The van der Waals surface area contributed by atoms with Gasteiger partial charge in [-0.25, -0.2) is 0 Å². The quantitative estimate of drug-likeness (QED) is 0.604. The number of hydrogen-bond donors (Lipinski definition) is 0. The van der Waals surface area contributed by atoms with Gasteiger partial charge < -0.3 is 18.7 Å². The third kappa shape index (κ3) is 3.33. The Labute approximate surface area is 162 Å². The summed E-state index contributed by atoms with van der Waals surface area (Å²) in [6.07, 6.45) is 3.37. The Bertz CT molecular complexity index is 1020. The van der Waals surface area contributed by atoms with E-state index in [9.17, 15) is 4.79 Å². The molecule has 8 heteroatoms. The maximum atomic E-state index is 12.8. The third-order valence-corrected chi connectivity index (χ3v) is 4.69. The number of methoxy groups -OCH3 is 1.